The molecule has 0 spiro atoms. The highest BCUT2D eigenvalue weighted by Crippen LogP contribution is 2.03. The SMILES string of the molecule is C=N/C=C(/C)C(=C)C.CC.CC.CC.CC=NC.Cc1conc1C. The zero-order chi connectivity index (χ0) is 21.3. The summed E-state index contributed by atoms with van der Waals surface area (Å²) in [6.45, 7) is 28.7. The lowest BCUT2D eigenvalue weighted by molar-refractivity contribution is 0.414. The van der Waals surface area contributed by atoms with E-state index >= 15 is 0 Å². The van der Waals surface area contributed by atoms with Gasteiger partial charge in [-0.3, -0.25) is 4.99 Å². The molecule has 0 saturated heterocycles. The molecule has 0 aromatic carbocycles. The van der Waals surface area contributed by atoms with Gasteiger partial charge in [0.25, 0.3) is 0 Å². The molecule has 148 valence electrons. The minimum Gasteiger partial charge on any atom is -0.364 e. The van der Waals surface area contributed by atoms with Crippen molar-refractivity contribution in [1.82, 2.24) is 5.16 Å². The fraction of sp³-hybridized carbons (Fsp3) is 0.571. The van der Waals surface area contributed by atoms with E-state index in [1.165, 1.54) is 0 Å². The molecule has 4 nitrogen and oxygen atoms in total. The number of aryl methyl sites for hydroxylation is 2. The van der Waals surface area contributed by atoms with Crippen LogP contribution < -0.4 is 0 Å². The van der Waals surface area contributed by atoms with Crippen LogP contribution in [0.2, 0.25) is 0 Å². The molecule has 0 radical (unpaired) electrons. The van der Waals surface area contributed by atoms with Crippen LogP contribution in [0.1, 0.15) is 73.6 Å². The molecule has 0 aliphatic carbocycles. The third kappa shape index (κ3) is 34.4. The maximum atomic E-state index is 4.59. The van der Waals surface area contributed by atoms with Crippen molar-refractivity contribution >= 4 is 12.9 Å². The van der Waals surface area contributed by atoms with Crippen molar-refractivity contribution in [3.63, 3.8) is 0 Å². The Morgan fingerprint density at radius 2 is 1.48 bits per heavy atom. The Hall–Kier alpha value is -1.97. The number of allylic oxidation sites excluding steroid dienone is 2. The van der Waals surface area contributed by atoms with E-state index in [4.69, 9.17) is 0 Å². The molecular formula is C21H43N3O. The first-order chi connectivity index (χ1) is 11.9. The molecule has 0 atom stereocenters. The van der Waals surface area contributed by atoms with E-state index < -0.39 is 0 Å². The van der Waals surface area contributed by atoms with Crippen molar-refractivity contribution < 1.29 is 4.52 Å². The summed E-state index contributed by atoms with van der Waals surface area (Å²) >= 11 is 0. The van der Waals surface area contributed by atoms with Gasteiger partial charge in [-0.05, 0) is 53.1 Å². The zero-order valence-corrected chi connectivity index (χ0v) is 18.9. The summed E-state index contributed by atoms with van der Waals surface area (Å²) in [4.78, 5) is 7.20. The summed E-state index contributed by atoms with van der Waals surface area (Å²) in [5, 5.41) is 3.64. The van der Waals surface area contributed by atoms with Crippen LogP contribution in [-0.2, 0) is 0 Å². The Labute approximate surface area is 157 Å². The lowest BCUT2D eigenvalue weighted by Crippen LogP contribution is -1.72. The average molecular weight is 354 g/mol. The van der Waals surface area contributed by atoms with Gasteiger partial charge in [-0.25, -0.2) is 0 Å². The molecule has 0 unspecified atom stereocenters. The molecule has 0 aliphatic rings. The molecule has 1 aromatic heterocycles. The van der Waals surface area contributed by atoms with E-state index in [2.05, 4.69) is 33.0 Å². The third-order valence-electron chi connectivity index (χ3n) is 2.21. The zero-order valence-electron chi connectivity index (χ0n) is 18.9. The van der Waals surface area contributed by atoms with Crippen molar-refractivity contribution in [3.05, 3.63) is 41.4 Å². The van der Waals surface area contributed by atoms with E-state index in [1.54, 1.807) is 25.7 Å². The summed E-state index contributed by atoms with van der Waals surface area (Å²) in [5.74, 6) is 0. The maximum absolute atomic E-state index is 4.59. The van der Waals surface area contributed by atoms with Gasteiger partial charge in [0.1, 0.15) is 6.26 Å². The summed E-state index contributed by atoms with van der Waals surface area (Å²) in [6, 6.07) is 0. The molecule has 1 aromatic rings. The van der Waals surface area contributed by atoms with Gasteiger partial charge in [-0.2, -0.15) is 0 Å². The highest BCUT2D eigenvalue weighted by atomic mass is 16.5. The van der Waals surface area contributed by atoms with Gasteiger partial charge in [0.15, 0.2) is 0 Å². The minimum atomic E-state index is 0.972. The van der Waals surface area contributed by atoms with Crippen LogP contribution in [0.5, 0.6) is 0 Å². The first-order valence-corrected chi connectivity index (χ1v) is 8.93. The van der Waals surface area contributed by atoms with Crippen LogP contribution in [0.3, 0.4) is 0 Å². The summed E-state index contributed by atoms with van der Waals surface area (Å²) in [6.07, 6.45) is 5.08. The molecule has 0 N–H and O–H groups in total. The Kier molecular flexibility index (Phi) is 46.2. The first kappa shape index (κ1) is 34.4. The monoisotopic (exact) mass is 353 g/mol. The normalized spacial score (nSPS) is 8.40. The van der Waals surface area contributed by atoms with Crippen LogP contribution >= 0.6 is 0 Å². The molecule has 1 heterocycles. The highest BCUT2D eigenvalue weighted by Gasteiger charge is 1.90. The Balaban J connectivity index is -0.0000000716. The van der Waals surface area contributed by atoms with Crippen LogP contribution in [0.4, 0.5) is 0 Å². The summed E-state index contributed by atoms with van der Waals surface area (Å²) < 4.78 is 4.59. The highest BCUT2D eigenvalue weighted by molar-refractivity contribution is 5.52. The number of aromatic nitrogens is 1. The fourth-order valence-corrected chi connectivity index (χ4v) is 0.589. The smallest absolute Gasteiger partial charge is 0.126 e. The molecule has 0 fully saturated rings. The largest absolute Gasteiger partial charge is 0.364 e. The van der Waals surface area contributed by atoms with Crippen molar-refractivity contribution in [2.75, 3.05) is 7.05 Å². The van der Waals surface area contributed by atoms with Gasteiger partial charge in [0, 0.05) is 18.8 Å². The van der Waals surface area contributed by atoms with Crippen LogP contribution in [-0.4, -0.2) is 25.1 Å². The average Bonchev–Trinajstić information content (AvgIpc) is 3.04. The summed E-state index contributed by atoms with van der Waals surface area (Å²) in [7, 11) is 1.75. The second kappa shape index (κ2) is 33.6. The van der Waals surface area contributed by atoms with Crippen LogP contribution in [0, 0.1) is 13.8 Å². The molecule has 0 saturated carbocycles. The number of nitrogens with zero attached hydrogens (tertiary/aromatic N) is 3. The lowest BCUT2D eigenvalue weighted by atomic mass is 10.2. The first-order valence-electron chi connectivity index (χ1n) is 8.93. The second-order valence-electron chi connectivity index (χ2n) is 3.87. The quantitative estimate of drug-likeness (QED) is 0.415. The molecule has 25 heavy (non-hydrogen) atoms. The van der Waals surface area contributed by atoms with Crippen molar-refractivity contribution in [2.45, 2.75) is 76.2 Å². The minimum absolute atomic E-state index is 0.972. The van der Waals surface area contributed by atoms with Gasteiger partial charge in [-0.1, -0.05) is 58.9 Å². The van der Waals surface area contributed by atoms with Crippen molar-refractivity contribution in [2.24, 2.45) is 9.98 Å². The Morgan fingerprint density at radius 1 is 1.08 bits per heavy atom. The third-order valence-corrected chi connectivity index (χ3v) is 2.21. The summed E-state index contributed by atoms with van der Waals surface area (Å²) in [5.41, 5.74) is 4.21. The number of aliphatic imine (C=N–C) groups is 2. The number of hydrogen-bond acceptors (Lipinski definition) is 4. The lowest BCUT2D eigenvalue weighted by Gasteiger charge is -1.92. The maximum Gasteiger partial charge on any atom is 0.126 e. The number of hydrogen-bond donors (Lipinski definition) is 0. The molecular weight excluding hydrogens is 310 g/mol. The Morgan fingerprint density at radius 3 is 1.56 bits per heavy atom. The predicted molar refractivity (Wildman–Crippen MR) is 118 cm³/mol. The molecule has 0 amide bonds. The van der Waals surface area contributed by atoms with Gasteiger partial charge in [0.2, 0.25) is 0 Å². The standard InChI is InChI=1S/C7H11N.C5H7NO.C3H7N.3C2H6/c1-6(2)7(3)5-8-4;1-4-3-7-6-5(4)2;1-3-4-2;3*1-2/h5H,1,4H2,2-3H3;3H,1-2H3;3H,1-2H3;3*1-2H3/b7-5-;;;;;. The molecule has 0 aliphatic heterocycles. The van der Waals surface area contributed by atoms with E-state index in [1.807, 2.05) is 76.2 Å². The van der Waals surface area contributed by atoms with Gasteiger partial charge in [0.05, 0.1) is 5.69 Å². The molecule has 1 rings (SSSR count). The number of rotatable bonds is 2. The fourth-order valence-electron chi connectivity index (χ4n) is 0.589. The van der Waals surface area contributed by atoms with E-state index in [0.717, 1.165) is 22.4 Å². The van der Waals surface area contributed by atoms with Crippen LogP contribution in [0.25, 0.3) is 0 Å². The van der Waals surface area contributed by atoms with E-state index in [-0.39, 0.29) is 0 Å². The Bertz CT molecular complexity index is 410. The second-order valence-corrected chi connectivity index (χ2v) is 3.87. The van der Waals surface area contributed by atoms with Gasteiger partial charge < -0.3 is 9.52 Å². The van der Waals surface area contributed by atoms with E-state index in [9.17, 15) is 0 Å². The van der Waals surface area contributed by atoms with E-state index in [0.29, 0.717) is 0 Å². The predicted octanol–water partition coefficient (Wildman–Crippen LogP) is 7.24. The van der Waals surface area contributed by atoms with Crippen molar-refractivity contribution in [1.29, 1.82) is 0 Å². The van der Waals surface area contributed by atoms with Gasteiger partial charge >= 0.3 is 0 Å². The topological polar surface area (TPSA) is 50.8 Å². The van der Waals surface area contributed by atoms with Gasteiger partial charge in [-0.15, -0.1) is 0 Å². The molecule has 0 bridgehead atoms. The van der Waals surface area contributed by atoms with Crippen LogP contribution in [0.15, 0.2) is 44.7 Å². The van der Waals surface area contributed by atoms with Crippen molar-refractivity contribution in [3.8, 4) is 0 Å². The molecule has 4 heteroatoms.